The molecule has 2 heterocycles. The quantitative estimate of drug-likeness (QED) is 0.856. The van der Waals surface area contributed by atoms with Gasteiger partial charge in [0.15, 0.2) is 0 Å². The number of hydrogen-bond donors (Lipinski definition) is 1. The molecule has 3 rings (SSSR count). The van der Waals surface area contributed by atoms with Gasteiger partial charge in [-0.2, -0.15) is 0 Å². The molecule has 1 N–H and O–H groups in total. The van der Waals surface area contributed by atoms with E-state index in [1.807, 2.05) is 0 Å². The van der Waals surface area contributed by atoms with E-state index in [1.54, 1.807) is 0 Å². The lowest BCUT2D eigenvalue weighted by Crippen LogP contribution is -2.32. The first-order chi connectivity index (χ1) is 10.0. The fraction of sp³-hybridized carbons (Fsp3) is 0.533. The normalized spacial score (nSPS) is 28.2. The van der Waals surface area contributed by atoms with E-state index in [9.17, 15) is 14.4 Å². The monoisotopic (exact) mass is 291 g/mol. The lowest BCUT2D eigenvalue weighted by molar-refractivity contribution is -0.141. The molecule has 0 radical (unpaired) electrons. The van der Waals surface area contributed by atoms with Gasteiger partial charge in [0.1, 0.15) is 0 Å². The summed E-state index contributed by atoms with van der Waals surface area (Å²) < 4.78 is 4.89. The summed E-state index contributed by atoms with van der Waals surface area (Å²) in [6, 6.07) is 1.49. The predicted molar refractivity (Wildman–Crippen MR) is 71.2 cm³/mol. The van der Waals surface area contributed by atoms with E-state index in [2.05, 4.69) is 6.92 Å². The van der Waals surface area contributed by atoms with Crippen LogP contribution >= 0.6 is 0 Å². The first kappa shape index (κ1) is 13.9. The Morgan fingerprint density at radius 1 is 1.33 bits per heavy atom. The van der Waals surface area contributed by atoms with Gasteiger partial charge in [0, 0.05) is 5.56 Å². The highest BCUT2D eigenvalue weighted by Gasteiger charge is 2.52. The van der Waals surface area contributed by atoms with Crippen LogP contribution in [-0.4, -0.2) is 27.8 Å². The van der Waals surface area contributed by atoms with Gasteiger partial charge in [-0.05, 0) is 24.8 Å². The highest BCUT2D eigenvalue weighted by atomic mass is 16.4. The third kappa shape index (κ3) is 2.14. The van der Waals surface area contributed by atoms with E-state index in [1.165, 1.54) is 17.2 Å². The van der Waals surface area contributed by atoms with Crippen molar-refractivity contribution >= 4 is 17.8 Å². The highest BCUT2D eigenvalue weighted by molar-refractivity contribution is 6.05. The van der Waals surface area contributed by atoms with Crippen LogP contribution in [0.3, 0.4) is 0 Å². The Balaban J connectivity index is 1.79. The Morgan fingerprint density at radius 2 is 1.95 bits per heavy atom. The van der Waals surface area contributed by atoms with E-state index in [-0.39, 0.29) is 36.0 Å². The van der Waals surface area contributed by atoms with Crippen LogP contribution < -0.4 is 0 Å². The van der Waals surface area contributed by atoms with Crippen molar-refractivity contribution in [2.75, 3.05) is 0 Å². The van der Waals surface area contributed by atoms with Gasteiger partial charge in [-0.3, -0.25) is 14.5 Å². The summed E-state index contributed by atoms with van der Waals surface area (Å²) in [5.41, 5.74) is 0.358. The highest BCUT2D eigenvalue weighted by Crippen LogP contribution is 2.44. The molecule has 1 saturated carbocycles. The fourth-order valence-corrected chi connectivity index (χ4v) is 3.51. The molecule has 0 bridgehead atoms. The van der Waals surface area contributed by atoms with Crippen molar-refractivity contribution in [2.45, 2.75) is 32.7 Å². The lowest BCUT2D eigenvalue weighted by atomic mass is 10.00. The van der Waals surface area contributed by atoms with Gasteiger partial charge < -0.3 is 9.52 Å². The average molecular weight is 291 g/mol. The van der Waals surface area contributed by atoms with Crippen molar-refractivity contribution in [1.29, 1.82) is 0 Å². The molecule has 2 unspecified atom stereocenters. The molecule has 21 heavy (non-hydrogen) atoms. The SMILES string of the molecule is CCC1CC2C(=O)N(Cc3ccoc3C(=O)O)C(=O)C2C1. The van der Waals surface area contributed by atoms with Gasteiger partial charge in [-0.15, -0.1) is 0 Å². The fourth-order valence-electron chi connectivity index (χ4n) is 3.51. The summed E-state index contributed by atoms with van der Waals surface area (Å²) in [4.78, 5) is 37.0. The minimum absolute atomic E-state index is 0.0143. The van der Waals surface area contributed by atoms with E-state index >= 15 is 0 Å². The Labute approximate surface area is 121 Å². The molecule has 1 aliphatic heterocycles. The summed E-state index contributed by atoms with van der Waals surface area (Å²) >= 11 is 0. The second-order valence-corrected chi connectivity index (χ2v) is 5.80. The van der Waals surface area contributed by atoms with Crippen molar-refractivity contribution < 1.29 is 23.9 Å². The molecule has 0 aromatic carbocycles. The molecule has 2 amide bonds. The number of hydrogen-bond acceptors (Lipinski definition) is 4. The van der Waals surface area contributed by atoms with Gasteiger partial charge in [0.05, 0.1) is 24.6 Å². The molecule has 1 aliphatic carbocycles. The van der Waals surface area contributed by atoms with E-state index in [4.69, 9.17) is 9.52 Å². The van der Waals surface area contributed by atoms with Crippen LogP contribution in [-0.2, 0) is 16.1 Å². The average Bonchev–Trinajstić information content (AvgIpc) is 3.13. The molecule has 6 nitrogen and oxygen atoms in total. The Hall–Kier alpha value is -2.11. The molecule has 0 spiro atoms. The first-order valence-electron chi connectivity index (χ1n) is 7.17. The van der Waals surface area contributed by atoms with Crippen LogP contribution in [0.15, 0.2) is 16.7 Å². The number of aromatic carboxylic acids is 1. The van der Waals surface area contributed by atoms with Crippen molar-refractivity contribution in [1.82, 2.24) is 4.90 Å². The minimum atomic E-state index is -1.19. The van der Waals surface area contributed by atoms with Crippen LogP contribution in [0, 0.1) is 17.8 Å². The van der Waals surface area contributed by atoms with Gasteiger partial charge in [-0.25, -0.2) is 4.79 Å². The molecule has 1 aromatic heterocycles. The van der Waals surface area contributed by atoms with Crippen molar-refractivity contribution in [3.05, 3.63) is 23.7 Å². The Kier molecular flexibility index (Phi) is 3.31. The molecular formula is C15H17NO5. The summed E-state index contributed by atoms with van der Waals surface area (Å²) in [6.07, 6.45) is 3.77. The summed E-state index contributed by atoms with van der Waals surface area (Å²) in [7, 11) is 0. The molecule has 2 fully saturated rings. The predicted octanol–water partition coefficient (Wildman–Crippen LogP) is 1.90. The van der Waals surface area contributed by atoms with Crippen molar-refractivity contribution in [2.24, 2.45) is 17.8 Å². The minimum Gasteiger partial charge on any atom is -0.475 e. The van der Waals surface area contributed by atoms with Crippen molar-refractivity contribution in [3.8, 4) is 0 Å². The van der Waals surface area contributed by atoms with Crippen LogP contribution in [0.1, 0.15) is 42.3 Å². The Morgan fingerprint density at radius 3 is 2.48 bits per heavy atom. The maximum absolute atomic E-state index is 12.4. The van der Waals surface area contributed by atoms with E-state index in [0.717, 1.165) is 19.3 Å². The second kappa shape index (κ2) is 5.02. The number of carboxylic acid groups (broad SMARTS) is 1. The number of furan rings is 1. The molecule has 6 heteroatoms. The second-order valence-electron chi connectivity index (χ2n) is 5.80. The zero-order valence-corrected chi connectivity index (χ0v) is 11.7. The number of carbonyl (C=O) groups is 3. The maximum Gasteiger partial charge on any atom is 0.372 e. The lowest BCUT2D eigenvalue weighted by Gasteiger charge is -2.17. The third-order valence-electron chi connectivity index (χ3n) is 4.67. The number of nitrogens with zero attached hydrogens (tertiary/aromatic N) is 1. The van der Waals surface area contributed by atoms with Gasteiger partial charge in [0.2, 0.25) is 17.6 Å². The molecule has 1 aromatic rings. The van der Waals surface area contributed by atoms with E-state index in [0.29, 0.717) is 11.5 Å². The number of rotatable bonds is 4. The van der Waals surface area contributed by atoms with Crippen LogP contribution in [0.25, 0.3) is 0 Å². The number of likely N-dealkylation sites (tertiary alicyclic amines) is 1. The number of carbonyl (C=O) groups excluding carboxylic acids is 2. The van der Waals surface area contributed by atoms with E-state index < -0.39 is 5.97 Å². The topological polar surface area (TPSA) is 87.8 Å². The maximum atomic E-state index is 12.4. The standard InChI is InChI=1S/C15H17NO5/c1-2-8-5-10-11(6-8)14(18)16(13(10)17)7-9-3-4-21-12(9)15(19)20/h3-4,8,10-11H,2,5-7H2,1H3,(H,19,20). The summed E-state index contributed by atoms with van der Waals surface area (Å²) in [5.74, 6) is -1.74. The largest absolute Gasteiger partial charge is 0.475 e. The Bertz CT molecular complexity index is 581. The van der Waals surface area contributed by atoms with Crippen molar-refractivity contribution in [3.63, 3.8) is 0 Å². The first-order valence-corrected chi connectivity index (χ1v) is 7.17. The molecular weight excluding hydrogens is 274 g/mol. The number of imide groups is 1. The van der Waals surface area contributed by atoms with Crippen LogP contribution in [0.5, 0.6) is 0 Å². The summed E-state index contributed by atoms with van der Waals surface area (Å²) in [5, 5.41) is 9.01. The van der Waals surface area contributed by atoms with Crippen LogP contribution in [0.2, 0.25) is 0 Å². The summed E-state index contributed by atoms with van der Waals surface area (Å²) in [6.45, 7) is 2.06. The number of fused-ring (bicyclic) bond motifs is 1. The van der Waals surface area contributed by atoms with Gasteiger partial charge >= 0.3 is 5.97 Å². The molecule has 112 valence electrons. The molecule has 2 aliphatic rings. The third-order valence-corrected chi connectivity index (χ3v) is 4.67. The number of carboxylic acids is 1. The van der Waals surface area contributed by atoms with Gasteiger partial charge in [0.25, 0.3) is 0 Å². The molecule has 1 saturated heterocycles. The zero-order chi connectivity index (χ0) is 15.1. The molecule has 2 atom stereocenters. The van der Waals surface area contributed by atoms with Gasteiger partial charge in [-0.1, -0.05) is 13.3 Å². The zero-order valence-electron chi connectivity index (χ0n) is 11.7. The smallest absolute Gasteiger partial charge is 0.372 e. The number of amides is 2. The van der Waals surface area contributed by atoms with Crippen LogP contribution in [0.4, 0.5) is 0 Å².